The number of nitrogens with zero attached hydrogens (tertiary/aromatic N) is 3. The van der Waals surface area contributed by atoms with Crippen molar-refractivity contribution >= 4 is 40.0 Å². The summed E-state index contributed by atoms with van der Waals surface area (Å²) in [7, 11) is 0. The molecule has 3 aromatic rings. The first-order valence-corrected chi connectivity index (χ1v) is 9.91. The Balaban J connectivity index is 1.66. The third kappa shape index (κ3) is 5.82. The minimum absolute atomic E-state index is 0.0789. The third-order valence-electron chi connectivity index (χ3n) is 3.77. The van der Waals surface area contributed by atoms with Gasteiger partial charge < -0.3 is 10.1 Å². The van der Waals surface area contributed by atoms with Gasteiger partial charge in [0.05, 0.1) is 18.7 Å². The number of anilines is 3. The molecule has 8 nitrogen and oxygen atoms in total. The highest BCUT2D eigenvalue weighted by atomic mass is 32.1. The Morgan fingerprint density at radius 3 is 2.59 bits per heavy atom. The fraction of sp³-hybridized carbons (Fsp3) is 0.250. The topological polar surface area (TPSA) is 106 Å². The molecule has 150 valence electrons. The smallest absolute Gasteiger partial charge is 0.311 e. The molecule has 2 heterocycles. The normalized spacial score (nSPS) is 10.4. The van der Waals surface area contributed by atoms with E-state index in [9.17, 15) is 9.59 Å². The predicted octanol–water partition coefficient (Wildman–Crippen LogP) is 3.65. The summed E-state index contributed by atoms with van der Waals surface area (Å²) in [4.78, 5) is 37.0. The molecule has 2 N–H and O–H groups in total. The molecule has 0 atom stereocenters. The molecule has 0 spiro atoms. The van der Waals surface area contributed by atoms with Crippen LogP contribution in [0.1, 0.15) is 34.4 Å². The molecule has 0 radical (unpaired) electrons. The fourth-order valence-corrected chi connectivity index (χ4v) is 3.33. The van der Waals surface area contributed by atoms with Crippen LogP contribution in [0.2, 0.25) is 0 Å². The van der Waals surface area contributed by atoms with Crippen LogP contribution in [0.5, 0.6) is 0 Å². The van der Waals surface area contributed by atoms with Crippen molar-refractivity contribution in [2.75, 3.05) is 17.2 Å². The van der Waals surface area contributed by atoms with Gasteiger partial charge in [-0.25, -0.2) is 15.0 Å². The van der Waals surface area contributed by atoms with Crippen molar-refractivity contribution in [3.05, 3.63) is 58.4 Å². The van der Waals surface area contributed by atoms with Crippen LogP contribution < -0.4 is 10.6 Å². The van der Waals surface area contributed by atoms with Gasteiger partial charge in [-0.1, -0.05) is 6.07 Å². The van der Waals surface area contributed by atoms with E-state index in [1.165, 1.54) is 11.3 Å². The number of amides is 1. The molecular weight excluding hydrogens is 390 g/mol. The van der Waals surface area contributed by atoms with Gasteiger partial charge in [0.25, 0.3) is 5.91 Å². The molecule has 0 aliphatic heterocycles. The largest absolute Gasteiger partial charge is 0.466 e. The van der Waals surface area contributed by atoms with Crippen LogP contribution in [-0.4, -0.2) is 33.4 Å². The highest BCUT2D eigenvalue weighted by Gasteiger charge is 2.12. The Hall–Kier alpha value is -3.33. The standard InChI is InChI=1S/C20H21N5O3S/c1-4-28-17(26)10-16-11-29-20(24-16)25-18(27)14-6-5-7-15(9-14)23-19-21-12(2)8-13(3)22-19/h5-9,11H,4,10H2,1-3H3,(H,21,22,23)(H,24,25,27). The zero-order valence-corrected chi connectivity index (χ0v) is 17.2. The van der Waals surface area contributed by atoms with Crippen molar-refractivity contribution in [1.82, 2.24) is 15.0 Å². The van der Waals surface area contributed by atoms with Gasteiger partial charge >= 0.3 is 5.97 Å². The lowest BCUT2D eigenvalue weighted by Gasteiger charge is -2.08. The number of rotatable bonds is 7. The molecule has 1 aromatic carbocycles. The first-order chi connectivity index (χ1) is 13.9. The van der Waals surface area contributed by atoms with Gasteiger partial charge in [-0.2, -0.15) is 0 Å². The summed E-state index contributed by atoms with van der Waals surface area (Å²) < 4.78 is 4.90. The van der Waals surface area contributed by atoms with Crippen molar-refractivity contribution in [2.24, 2.45) is 0 Å². The number of carbonyl (C=O) groups is 2. The van der Waals surface area contributed by atoms with Crippen molar-refractivity contribution in [3.8, 4) is 0 Å². The van der Waals surface area contributed by atoms with E-state index >= 15 is 0 Å². The number of benzene rings is 1. The van der Waals surface area contributed by atoms with Crippen molar-refractivity contribution in [2.45, 2.75) is 27.2 Å². The van der Waals surface area contributed by atoms with Crippen LogP contribution >= 0.6 is 11.3 Å². The first-order valence-electron chi connectivity index (χ1n) is 9.03. The van der Waals surface area contributed by atoms with E-state index < -0.39 is 0 Å². The summed E-state index contributed by atoms with van der Waals surface area (Å²) in [5.74, 6) is -0.168. The van der Waals surface area contributed by atoms with Crippen LogP contribution in [0.3, 0.4) is 0 Å². The van der Waals surface area contributed by atoms with E-state index in [-0.39, 0.29) is 18.3 Å². The van der Waals surface area contributed by atoms with E-state index in [4.69, 9.17) is 4.74 Å². The molecule has 1 amide bonds. The average molecular weight is 411 g/mol. The maximum atomic E-state index is 12.6. The molecular formula is C20H21N5O3S. The highest BCUT2D eigenvalue weighted by molar-refractivity contribution is 7.14. The number of esters is 1. The van der Waals surface area contributed by atoms with Crippen molar-refractivity contribution in [3.63, 3.8) is 0 Å². The number of hydrogen-bond donors (Lipinski definition) is 2. The Labute approximate surface area is 172 Å². The Kier molecular flexibility index (Phi) is 6.50. The number of carbonyl (C=O) groups excluding carboxylic acids is 2. The Morgan fingerprint density at radius 2 is 1.86 bits per heavy atom. The van der Waals surface area contributed by atoms with E-state index in [2.05, 4.69) is 25.6 Å². The summed E-state index contributed by atoms with van der Waals surface area (Å²) in [5, 5.41) is 8.01. The van der Waals surface area contributed by atoms with E-state index in [0.29, 0.717) is 34.6 Å². The quantitative estimate of drug-likeness (QED) is 0.572. The van der Waals surface area contributed by atoms with Gasteiger partial charge in [0.2, 0.25) is 5.95 Å². The number of nitrogens with one attached hydrogen (secondary N) is 2. The predicted molar refractivity (Wildman–Crippen MR) is 112 cm³/mol. The Morgan fingerprint density at radius 1 is 1.10 bits per heavy atom. The van der Waals surface area contributed by atoms with Crippen LogP contribution in [0.25, 0.3) is 0 Å². The van der Waals surface area contributed by atoms with Crippen molar-refractivity contribution in [1.29, 1.82) is 0 Å². The van der Waals surface area contributed by atoms with E-state index in [1.807, 2.05) is 26.0 Å². The third-order valence-corrected chi connectivity index (χ3v) is 4.57. The molecule has 0 bridgehead atoms. The minimum atomic E-state index is -0.344. The molecule has 3 rings (SSSR count). The van der Waals surface area contributed by atoms with Crippen LogP contribution in [0.4, 0.5) is 16.8 Å². The molecule has 0 unspecified atom stereocenters. The number of thiazole rings is 1. The molecule has 2 aromatic heterocycles. The van der Waals surface area contributed by atoms with Crippen LogP contribution in [0, 0.1) is 13.8 Å². The van der Waals surface area contributed by atoms with Gasteiger partial charge in [0.1, 0.15) is 0 Å². The summed E-state index contributed by atoms with van der Waals surface area (Å²) in [6, 6.07) is 8.91. The second-order valence-corrected chi connectivity index (χ2v) is 7.12. The summed E-state index contributed by atoms with van der Waals surface area (Å²) >= 11 is 1.26. The lowest BCUT2D eigenvalue weighted by Crippen LogP contribution is -2.12. The number of aryl methyl sites for hydroxylation is 2. The zero-order valence-electron chi connectivity index (χ0n) is 16.4. The summed E-state index contributed by atoms with van der Waals surface area (Å²) in [6.07, 6.45) is 0.0789. The average Bonchev–Trinajstić information content (AvgIpc) is 3.08. The molecule has 0 fully saturated rings. The highest BCUT2D eigenvalue weighted by Crippen LogP contribution is 2.19. The van der Waals surface area contributed by atoms with Gasteiger partial charge in [0.15, 0.2) is 5.13 Å². The first kappa shape index (κ1) is 20.4. The number of hydrogen-bond acceptors (Lipinski definition) is 8. The fourth-order valence-electron chi connectivity index (χ4n) is 2.62. The van der Waals surface area contributed by atoms with Gasteiger partial charge in [-0.3, -0.25) is 14.9 Å². The second-order valence-electron chi connectivity index (χ2n) is 6.26. The number of ether oxygens (including phenoxy) is 1. The van der Waals surface area contributed by atoms with Gasteiger partial charge in [-0.05, 0) is 45.0 Å². The maximum Gasteiger partial charge on any atom is 0.311 e. The number of aromatic nitrogens is 3. The second kappa shape index (κ2) is 9.24. The maximum absolute atomic E-state index is 12.6. The molecule has 29 heavy (non-hydrogen) atoms. The lowest BCUT2D eigenvalue weighted by molar-refractivity contribution is -0.142. The van der Waals surface area contributed by atoms with Gasteiger partial charge in [-0.15, -0.1) is 11.3 Å². The van der Waals surface area contributed by atoms with E-state index in [0.717, 1.165) is 11.4 Å². The molecule has 0 aliphatic carbocycles. The monoisotopic (exact) mass is 411 g/mol. The Bertz CT molecular complexity index is 1010. The summed E-state index contributed by atoms with van der Waals surface area (Å²) in [5.41, 5.74) is 3.44. The van der Waals surface area contributed by atoms with Gasteiger partial charge in [0, 0.05) is 28.0 Å². The minimum Gasteiger partial charge on any atom is -0.466 e. The molecule has 0 saturated carbocycles. The molecule has 9 heteroatoms. The van der Waals surface area contributed by atoms with Crippen LogP contribution in [0.15, 0.2) is 35.7 Å². The summed E-state index contributed by atoms with van der Waals surface area (Å²) in [6.45, 7) is 5.87. The van der Waals surface area contributed by atoms with Crippen molar-refractivity contribution < 1.29 is 14.3 Å². The SMILES string of the molecule is CCOC(=O)Cc1csc(NC(=O)c2cccc(Nc3nc(C)cc(C)n3)c2)n1. The van der Waals surface area contributed by atoms with Crippen LogP contribution in [-0.2, 0) is 16.0 Å². The molecule has 0 saturated heterocycles. The zero-order chi connectivity index (χ0) is 20.8. The lowest BCUT2D eigenvalue weighted by atomic mass is 10.2. The van der Waals surface area contributed by atoms with E-state index in [1.54, 1.807) is 30.5 Å². The molecule has 0 aliphatic rings.